The van der Waals surface area contributed by atoms with Crippen LogP contribution in [-0.4, -0.2) is 32.2 Å². The summed E-state index contributed by atoms with van der Waals surface area (Å²) in [7, 11) is 4.67. The van der Waals surface area contributed by atoms with E-state index in [1.807, 2.05) is 44.2 Å². The Morgan fingerprint density at radius 3 is 2.33 bits per heavy atom. The van der Waals surface area contributed by atoms with Gasteiger partial charge >= 0.3 is 0 Å². The van der Waals surface area contributed by atoms with Gasteiger partial charge in [0.15, 0.2) is 11.5 Å². The van der Waals surface area contributed by atoms with Crippen LogP contribution in [0.15, 0.2) is 36.4 Å². The Bertz CT molecular complexity index is 1040. The molecule has 1 aromatic heterocycles. The standard InChI is InChI=1S/C22H23ClN2O4S/c1-12(15-10-17(27-3)19(29-5)18(11-15)28-4)24-21(26)20-13(2)25-22(30-20)14-7-6-8-16(23)9-14/h6-12H,1-5H3,(H,24,26). The summed E-state index contributed by atoms with van der Waals surface area (Å²) >= 11 is 7.42. The molecule has 0 fully saturated rings. The normalized spacial score (nSPS) is 11.7. The summed E-state index contributed by atoms with van der Waals surface area (Å²) < 4.78 is 16.2. The van der Waals surface area contributed by atoms with Gasteiger partial charge in [0.25, 0.3) is 5.91 Å². The van der Waals surface area contributed by atoms with Crippen molar-refractivity contribution in [2.45, 2.75) is 19.9 Å². The minimum absolute atomic E-state index is 0.195. The zero-order valence-corrected chi connectivity index (χ0v) is 19.0. The summed E-state index contributed by atoms with van der Waals surface area (Å²) in [4.78, 5) is 18.0. The van der Waals surface area contributed by atoms with E-state index in [4.69, 9.17) is 25.8 Å². The molecule has 3 rings (SSSR count). The third-order valence-electron chi connectivity index (χ3n) is 4.61. The Kier molecular flexibility index (Phi) is 6.84. The summed E-state index contributed by atoms with van der Waals surface area (Å²) in [6, 6.07) is 10.8. The molecule has 1 amide bonds. The quantitative estimate of drug-likeness (QED) is 0.534. The van der Waals surface area contributed by atoms with E-state index in [0.29, 0.717) is 32.8 Å². The van der Waals surface area contributed by atoms with Gasteiger partial charge in [-0.3, -0.25) is 4.79 Å². The molecule has 1 unspecified atom stereocenters. The van der Waals surface area contributed by atoms with Crippen molar-refractivity contribution < 1.29 is 19.0 Å². The lowest BCUT2D eigenvalue weighted by atomic mass is 10.1. The number of ether oxygens (including phenoxy) is 3. The number of methoxy groups -OCH3 is 3. The number of nitrogens with zero attached hydrogens (tertiary/aromatic N) is 1. The Balaban J connectivity index is 1.84. The number of hydrogen-bond donors (Lipinski definition) is 1. The maximum atomic E-state index is 12.9. The first kappa shape index (κ1) is 21.9. The molecule has 3 aromatic rings. The van der Waals surface area contributed by atoms with Gasteiger partial charge in [-0.1, -0.05) is 23.7 Å². The highest BCUT2D eigenvalue weighted by atomic mass is 35.5. The lowest BCUT2D eigenvalue weighted by molar-refractivity contribution is 0.0943. The molecule has 0 bridgehead atoms. The fraction of sp³-hybridized carbons (Fsp3) is 0.273. The van der Waals surface area contributed by atoms with E-state index in [1.165, 1.54) is 11.3 Å². The lowest BCUT2D eigenvalue weighted by Gasteiger charge is -2.18. The van der Waals surface area contributed by atoms with Gasteiger partial charge in [0, 0.05) is 10.6 Å². The monoisotopic (exact) mass is 446 g/mol. The summed E-state index contributed by atoms with van der Waals surface area (Å²) in [6.07, 6.45) is 0. The first-order valence-corrected chi connectivity index (χ1v) is 10.4. The number of benzene rings is 2. The van der Waals surface area contributed by atoms with Crippen LogP contribution >= 0.6 is 22.9 Å². The van der Waals surface area contributed by atoms with E-state index in [0.717, 1.165) is 16.1 Å². The molecule has 0 spiro atoms. The first-order valence-electron chi connectivity index (χ1n) is 9.22. The predicted octanol–water partition coefficient (Wildman–Crippen LogP) is 5.29. The van der Waals surface area contributed by atoms with Crippen LogP contribution < -0.4 is 19.5 Å². The molecule has 30 heavy (non-hydrogen) atoms. The minimum Gasteiger partial charge on any atom is -0.493 e. The molecule has 0 aliphatic heterocycles. The van der Waals surface area contributed by atoms with Crippen LogP contribution in [0.1, 0.15) is 33.9 Å². The molecule has 1 heterocycles. The molecule has 0 aliphatic carbocycles. The summed E-state index contributed by atoms with van der Waals surface area (Å²) in [5.41, 5.74) is 2.38. The molecule has 0 saturated carbocycles. The van der Waals surface area contributed by atoms with Gasteiger partial charge in [0.2, 0.25) is 5.75 Å². The van der Waals surface area contributed by atoms with Crippen LogP contribution in [0, 0.1) is 6.92 Å². The van der Waals surface area contributed by atoms with Gasteiger partial charge < -0.3 is 19.5 Å². The van der Waals surface area contributed by atoms with Crippen molar-refractivity contribution in [3.63, 3.8) is 0 Å². The molecular weight excluding hydrogens is 424 g/mol. The Morgan fingerprint density at radius 2 is 1.77 bits per heavy atom. The second-order valence-electron chi connectivity index (χ2n) is 6.60. The van der Waals surface area contributed by atoms with E-state index in [1.54, 1.807) is 27.4 Å². The van der Waals surface area contributed by atoms with Gasteiger partial charge in [-0.25, -0.2) is 4.98 Å². The number of halogens is 1. The molecule has 8 heteroatoms. The fourth-order valence-electron chi connectivity index (χ4n) is 3.05. The summed E-state index contributed by atoms with van der Waals surface area (Å²) in [5.74, 6) is 1.38. The molecular formula is C22H23ClN2O4S. The van der Waals surface area contributed by atoms with E-state index < -0.39 is 0 Å². The van der Waals surface area contributed by atoms with E-state index in [-0.39, 0.29) is 11.9 Å². The van der Waals surface area contributed by atoms with Crippen molar-refractivity contribution in [3.05, 3.63) is 57.6 Å². The van der Waals surface area contributed by atoms with Crippen molar-refractivity contribution in [1.29, 1.82) is 0 Å². The zero-order chi connectivity index (χ0) is 21.8. The topological polar surface area (TPSA) is 69.7 Å². The van der Waals surface area contributed by atoms with Crippen LogP contribution in [0.2, 0.25) is 5.02 Å². The van der Waals surface area contributed by atoms with Crippen molar-refractivity contribution >= 4 is 28.8 Å². The number of thiazole rings is 1. The summed E-state index contributed by atoms with van der Waals surface area (Å²) in [5, 5.41) is 4.40. The highest BCUT2D eigenvalue weighted by Crippen LogP contribution is 2.39. The van der Waals surface area contributed by atoms with Crippen LogP contribution in [-0.2, 0) is 0 Å². The Labute approximate surface area is 184 Å². The maximum Gasteiger partial charge on any atom is 0.263 e. The molecule has 6 nitrogen and oxygen atoms in total. The number of aromatic nitrogens is 1. The fourth-order valence-corrected chi connectivity index (χ4v) is 4.20. The molecule has 1 N–H and O–H groups in total. The second kappa shape index (κ2) is 9.36. The molecule has 0 radical (unpaired) electrons. The largest absolute Gasteiger partial charge is 0.493 e. The maximum absolute atomic E-state index is 12.9. The second-order valence-corrected chi connectivity index (χ2v) is 8.03. The number of aryl methyl sites for hydroxylation is 1. The third-order valence-corrected chi connectivity index (χ3v) is 6.05. The molecule has 1 atom stereocenters. The third kappa shape index (κ3) is 4.52. The average Bonchev–Trinajstić information content (AvgIpc) is 3.14. The van der Waals surface area contributed by atoms with Gasteiger partial charge in [-0.2, -0.15) is 0 Å². The van der Waals surface area contributed by atoms with Crippen LogP contribution in [0.4, 0.5) is 0 Å². The predicted molar refractivity (Wildman–Crippen MR) is 119 cm³/mol. The molecule has 0 aliphatic rings. The Hall–Kier alpha value is -2.77. The van der Waals surface area contributed by atoms with Crippen LogP contribution in [0.25, 0.3) is 10.6 Å². The SMILES string of the molecule is COc1cc(C(C)NC(=O)c2sc(-c3cccc(Cl)c3)nc2C)cc(OC)c1OC. The van der Waals surface area contributed by atoms with Crippen molar-refractivity contribution in [3.8, 4) is 27.8 Å². The molecule has 158 valence electrons. The van der Waals surface area contributed by atoms with Crippen molar-refractivity contribution in [2.75, 3.05) is 21.3 Å². The lowest BCUT2D eigenvalue weighted by Crippen LogP contribution is -2.26. The molecule has 2 aromatic carbocycles. The highest BCUT2D eigenvalue weighted by Gasteiger charge is 2.21. The number of rotatable bonds is 7. The number of carbonyl (C=O) groups excluding carboxylic acids is 1. The Morgan fingerprint density at radius 1 is 1.10 bits per heavy atom. The van der Waals surface area contributed by atoms with Gasteiger partial charge in [0.05, 0.1) is 33.1 Å². The zero-order valence-electron chi connectivity index (χ0n) is 17.4. The number of hydrogen-bond acceptors (Lipinski definition) is 6. The smallest absolute Gasteiger partial charge is 0.263 e. The minimum atomic E-state index is -0.290. The molecule has 0 saturated heterocycles. The van der Waals surface area contributed by atoms with Crippen molar-refractivity contribution in [2.24, 2.45) is 0 Å². The van der Waals surface area contributed by atoms with Crippen LogP contribution in [0.5, 0.6) is 17.2 Å². The van der Waals surface area contributed by atoms with Gasteiger partial charge in [-0.05, 0) is 43.7 Å². The van der Waals surface area contributed by atoms with E-state index in [2.05, 4.69) is 10.3 Å². The number of carbonyl (C=O) groups is 1. The number of nitrogens with one attached hydrogen (secondary N) is 1. The van der Waals surface area contributed by atoms with E-state index >= 15 is 0 Å². The van der Waals surface area contributed by atoms with Crippen molar-refractivity contribution in [1.82, 2.24) is 10.3 Å². The first-order chi connectivity index (χ1) is 14.4. The van der Waals surface area contributed by atoms with Crippen LogP contribution in [0.3, 0.4) is 0 Å². The van der Waals surface area contributed by atoms with Gasteiger partial charge in [-0.15, -0.1) is 11.3 Å². The highest BCUT2D eigenvalue weighted by molar-refractivity contribution is 7.17. The average molecular weight is 447 g/mol. The van der Waals surface area contributed by atoms with E-state index in [9.17, 15) is 4.79 Å². The van der Waals surface area contributed by atoms with Gasteiger partial charge in [0.1, 0.15) is 9.88 Å². The number of amides is 1. The summed E-state index contributed by atoms with van der Waals surface area (Å²) in [6.45, 7) is 3.72.